The first-order valence-corrected chi connectivity index (χ1v) is 5.77. The van der Waals surface area contributed by atoms with Gasteiger partial charge in [-0.25, -0.2) is 0 Å². The van der Waals surface area contributed by atoms with Crippen LogP contribution in [0.1, 0.15) is 27.2 Å². The Morgan fingerprint density at radius 3 is 2.11 bits per heavy atom. The molecule has 0 saturated carbocycles. The van der Waals surface area contributed by atoms with Crippen LogP contribution in [0.25, 0.3) is 0 Å². The molecule has 0 aliphatic carbocycles. The van der Waals surface area contributed by atoms with Gasteiger partial charge in [-0.2, -0.15) is 22.0 Å². The average molecular weight is 289 g/mol. The van der Waals surface area contributed by atoms with E-state index in [1.54, 1.807) is 0 Å². The Morgan fingerprint density at radius 2 is 1.68 bits per heavy atom. The number of hydrogen-bond donors (Lipinski definition) is 1. The summed E-state index contributed by atoms with van der Waals surface area (Å²) in [4.78, 5) is 11.7. The number of rotatable bonds is 2. The summed E-state index contributed by atoms with van der Waals surface area (Å²) in [5.74, 6) is -8.14. The molecule has 1 saturated heterocycles. The maximum absolute atomic E-state index is 13.3. The quantitative estimate of drug-likeness (QED) is 0.627. The molecule has 0 amide bonds. The van der Waals surface area contributed by atoms with Crippen LogP contribution in [-0.2, 0) is 9.53 Å². The SMILES string of the molecule is CC(C)(C)OC(=O)[C@H]1NCC[C@@H]1C(F)(F)C(F)(F)F. The Balaban J connectivity index is 2.89. The van der Waals surface area contributed by atoms with Crippen molar-refractivity contribution < 1.29 is 31.5 Å². The summed E-state index contributed by atoms with van der Waals surface area (Å²) in [7, 11) is 0. The van der Waals surface area contributed by atoms with Crippen molar-refractivity contribution >= 4 is 5.97 Å². The maximum atomic E-state index is 13.3. The minimum absolute atomic E-state index is 0.0831. The normalized spacial score (nSPS) is 25.5. The molecule has 0 unspecified atom stereocenters. The molecule has 0 aromatic carbocycles. The van der Waals surface area contributed by atoms with Gasteiger partial charge in [0.1, 0.15) is 11.6 Å². The maximum Gasteiger partial charge on any atom is 0.453 e. The molecule has 0 bridgehead atoms. The predicted octanol–water partition coefficient (Wildman–Crippen LogP) is 2.50. The molecule has 1 N–H and O–H groups in total. The monoisotopic (exact) mass is 289 g/mol. The molecular formula is C11H16F5NO2. The van der Waals surface area contributed by atoms with Crippen molar-refractivity contribution in [3.05, 3.63) is 0 Å². The summed E-state index contributed by atoms with van der Waals surface area (Å²) >= 11 is 0. The Hall–Kier alpha value is -0.920. The smallest absolute Gasteiger partial charge is 0.453 e. The molecule has 0 radical (unpaired) electrons. The van der Waals surface area contributed by atoms with E-state index in [0.29, 0.717) is 0 Å². The van der Waals surface area contributed by atoms with Crippen molar-refractivity contribution in [2.45, 2.75) is 50.9 Å². The molecule has 0 aromatic rings. The van der Waals surface area contributed by atoms with E-state index in [-0.39, 0.29) is 6.54 Å². The highest BCUT2D eigenvalue weighted by molar-refractivity contribution is 5.77. The van der Waals surface area contributed by atoms with E-state index in [1.807, 2.05) is 0 Å². The van der Waals surface area contributed by atoms with E-state index in [0.717, 1.165) is 0 Å². The second-order valence-electron chi connectivity index (χ2n) is 5.48. The van der Waals surface area contributed by atoms with Gasteiger partial charge in [0.15, 0.2) is 0 Å². The number of carbonyl (C=O) groups excluding carboxylic acids is 1. The first kappa shape index (κ1) is 16.1. The Labute approximate surface area is 107 Å². The van der Waals surface area contributed by atoms with Crippen LogP contribution in [0, 0.1) is 5.92 Å². The van der Waals surface area contributed by atoms with E-state index in [1.165, 1.54) is 20.8 Å². The Bertz CT molecular complexity index is 348. The minimum atomic E-state index is -5.68. The Kier molecular flexibility index (Phi) is 4.15. The van der Waals surface area contributed by atoms with Crippen LogP contribution < -0.4 is 5.32 Å². The number of hydrogen-bond acceptors (Lipinski definition) is 3. The number of alkyl halides is 5. The number of carbonyl (C=O) groups is 1. The van der Waals surface area contributed by atoms with E-state index in [9.17, 15) is 26.7 Å². The fourth-order valence-corrected chi connectivity index (χ4v) is 1.92. The summed E-state index contributed by atoms with van der Waals surface area (Å²) in [5, 5.41) is 2.35. The van der Waals surface area contributed by atoms with Crippen LogP contribution in [0.2, 0.25) is 0 Å². The van der Waals surface area contributed by atoms with Crippen molar-refractivity contribution in [2.24, 2.45) is 5.92 Å². The molecule has 112 valence electrons. The highest BCUT2D eigenvalue weighted by Crippen LogP contribution is 2.45. The fourth-order valence-electron chi connectivity index (χ4n) is 1.92. The molecular weight excluding hydrogens is 273 g/mol. The minimum Gasteiger partial charge on any atom is -0.459 e. The molecule has 8 heteroatoms. The summed E-state index contributed by atoms with van der Waals surface area (Å²) in [6.07, 6.45) is -6.11. The van der Waals surface area contributed by atoms with E-state index >= 15 is 0 Å². The lowest BCUT2D eigenvalue weighted by atomic mass is 9.92. The van der Waals surface area contributed by atoms with Crippen LogP contribution in [-0.4, -0.2) is 36.3 Å². The second-order valence-corrected chi connectivity index (χ2v) is 5.48. The molecule has 2 atom stereocenters. The molecule has 1 rings (SSSR count). The van der Waals surface area contributed by atoms with Gasteiger partial charge in [0.05, 0.1) is 5.92 Å². The number of nitrogens with one attached hydrogen (secondary N) is 1. The summed E-state index contributed by atoms with van der Waals surface area (Å²) in [5.41, 5.74) is -0.945. The summed E-state index contributed by atoms with van der Waals surface area (Å²) < 4.78 is 68.5. The van der Waals surface area contributed by atoms with Crippen molar-refractivity contribution in [1.29, 1.82) is 0 Å². The van der Waals surface area contributed by atoms with Gasteiger partial charge in [0, 0.05) is 0 Å². The van der Waals surface area contributed by atoms with Gasteiger partial charge < -0.3 is 10.1 Å². The molecule has 19 heavy (non-hydrogen) atoms. The van der Waals surface area contributed by atoms with Gasteiger partial charge in [0.25, 0.3) is 0 Å². The topological polar surface area (TPSA) is 38.3 Å². The summed E-state index contributed by atoms with van der Waals surface area (Å²) in [6.45, 7) is 4.45. The van der Waals surface area contributed by atoms with E-state index < -0.39 is 42.0 Å². The number of esters is 1. The average Bonchev–Trinajstić information content (AvgIpc) is 2.60. The highest BCUT2D eigenvalue weighted by atomic mass is 19.4. The van der Waals surface area contributed by atoms with E-state index in [2.05, 4.69) is 5.32 Å². The van der Waals surface area contributed by atoms with Gasteiger partial charge in [-0.05, 0) is 33.7 Å². The van der Waals surface area contributed by atoms with Gasteiger partial charge in [0.2, 0.25) is 0 Å². The third-order valence-electron chi connectivity index (χ3n) is 2.73. The molecule has 3 nitrogen and oxygen atoms in total. The first-order chi connectivity index (χ1) is 8.36. The molecule has 0 aromatic heterocycles. The zero-order chi connectivity index (χ0) is 15.1. The van der Waals surface area contributed by atoms with Gasteiger partial charge in [-0.3, -0.25) is 4.79 Å². The predicted molar refractivity (Wildman–Crippen MR) is 56.7 cm³/mol. The third-order valence-corrected chi connectivity index (χ3v) is 2.73. The third kappa shape index (κ3) is 3.55. The van der Waals surface area contributed by atoms with Gasteiger partial charge in [-0.1, -0.05) is 0 Å². The lowest BCUT2D eigenvalue weighted by molar-refractivity contribution is -0.303. The van der Waals surface area contributed by atoms with Crippen LogP contribution in [0.4, 0.5) is 22.0 Å². The van der Waals surface area contributed by atoms with Crippen molar-refractivity contribution in [3.63, 3.8) is 0 Å². The molecule has 1 aliphatic rings. The molecule has 1 fully saturated rings. The standard InChI is InChI=1S/C11H16F5NO2/c1-9(2,3)19-8(18)7-6(4-5-17-7)10(12,13)11(14,15)16/h6-7,17H,4-5H2,1-3H3/t6-,7-/m0/s1. The van der Waals surface area contributed by atoms with Crippen LogP contribution in [0.5, 0.6) is 0 Å². The number of ether oxygens (including phenoxy) is 1. The Morgan fingerprint density at radius 1 is 1.16 bits per heavy atom. The molecule has 0 spiro atoms. The lowest BCUT2D eigenvalue weighted by Crippen LogP contribution is -2.52. The van der Waals surface area contributed by atoms with Crippen molar-refractivity contribution in [1.82, 2.24) is 5.32 Å². The molecule has 1 heterocycles. The molecule has 1 aliphatic heterocycles. The second kappa shape index (κ2) is 4.88. The first-order valence-electron chi connectivity index (χ1n) is 5.77. The highest BCUT2D eigenvalue weighted by Gasteiger charge is 2.65. The van der Waals surface area contributed by atoms with Crippen LogP contribution >= 0.6 is 0 Å². The zero-order valence-electron chi connectivity index (χ0n) is 10.8. The van der Waals surface area contributed by atoms with Gasteiger partial charge >= 0.3 is 18.1 Å². The van der Waals surface area contributed by atoms with Crippen molar-refractivity contribution in [3.8, 4) is 0 Å². The zero-order valence-corrected chi connectivity index (χ0v) is 10.8. The largest absolute Gasteiger partial charge is 0.459 e. The van der Waals surface area contributed by atoms with Crippen LogP contribution in [0.15, 0.2) is 0 Å². The lowest BCUT2D eigenvalue weighted by Gasteiger charge is -2.30. The fraction of sp³-hybridized carbons (Fsp3) is 0.909. The van der Waals surface area contributed by atoms with Crippen molar-refractivity contribution in [2.75, 3.05) is 6.54 Å². The van der Waals surface area contributed by atoms with E-state index in [4.69, 9.17) is 4.74 Å². The number of halogens is 5. The van der Waals surface area contributed by atoms with Gasteiger partial charge in [-0.15, -0.1) is 0 Å². The van der Waals surface area contributed by atoms with Crippen LogP contribution in [0.3, 0.4) is 0 Å². The summed E-state index contributed by atoms with van der Waals surface area (Å²) in [6, 6.07) is -1.64.